The van der Waals surface area contributed by atoms with E-state index in [4.69, 9.17) is 23.4 Å². The summed E-state index contributed by atoms with van der Waals surface area (Å²) in [6.45, 7) is 1.64. The molecule has 0 saturated carbocycles. The van der Waals surface area contributed by atoms with E-state index in [2.05, 4.69) is 6.92 Å². The van der Waals surface area contributed by atoms with Gasteiger partial charge in [0.15, 0.2) is 6.10 Å². The Labute approximate surface area is 286 Å². The first-order chi connectivity index (χ1) is 22.7. The van der Waals surface area contributed by atoms with E-state index in [9.17, 15) is 33.4 Å². The summed E-state index contributed by atoms with van der Waals surface area (Å²) in [5, 5.41) is 0.427. The van der Waals surface area contributed by atoms with Crippen LogP contribution in [0.1, 0.15) is 129 Å². The summed E-state index contributed by atoms with van der Waals surface area (Å²) in [4.78, 5) is 74.9. The third-order valence-electron chi connectivity index (χ3n) is 7.61. The van der Waals surface area contributed by atoms with Crippen molar-refractivity contribution in [3.8, 4) is 0 Å². The van der Waals surface area contributed by atoms with Crippen molar-refractivity contribution in [3.05, 3.63) is 0 Å². The topological polar surface area (TPSA) is 172 Å². The van der Waals surface area contributed by atoms with Crippen molar-refractivity contribution in [2.24, 2.45) is 0 Å². The molecular weight excluding hydrogens is 647 g/mol. The minimum Gasteiger partial charge on any atom is -0.462 e. The van der Waals surface area contributed by atoms with Gasteiger partial charge < -0.3 is 23.7 Å². The van der Waals surface area contributed by atoms with Crippen LogP contribution in [0.3, 0.4) is 0 Å². The van der Waals surface area contributed by atoms with Gasteiger partial charge in [-0.3, -0.25) is 28.2 Å². The van der Waals surface area contributed by atoms with Crippen LogP contribution in [0.4, 0.5) is 0 Å². The Morgan fingerprint density at radius 2 is 1.23 bits per heavy atom. The number of quaternary nitrogens is 1. The highest BCUT2D eigenvalue weighted by Gasteiger charge is 2.33. The van der Waals surface area contributed by atoms with Gasteiger partial charge >= 0.3 is 25.7 Å². The number of unbranched alkanes of at least 4 members (excludes halogenated alkanes) is 12. The number of hydrogen-bond acceptors (Lipinski definition) is 11. The van der Waals surface area contributed by atoms with E-state index < -0.39 is 56.9 Å². The Bertz CT molecular complexity index is 1020. The molecule has 2 atom stereocenters. The number of ether oxygens (including phenoxy) is 2. The second kappa shape index (κ2) is 24.7. The lowest BCUT2D eigenvalue weighted by Gasteiger charge is -2.24. The lowest BCUT2D eigenvalue weighted by atomic mass is 10.0. The van der Waals surface area contributed by atoms with Gasteiger partial charge in [-0.15, -0.1) is 5.06 Å². The van der Waals surface area contributed by atoms with Crippen molar-refractivity contribution >= 4 is 37.5 Å². The normalized spacial score (nSPS) is 15.3. The van der Waals surface area contributed by atoms with Crippen LogP contribution in [0.2, 0.25) is 0 Å². The molecule has 48 heavy (non-hydrogen) atoms. The number of imide groups is 1. The van der Waals surface area contributed by atoms with Crippen LogP contribution in [-0.2, 0) is 51.9 Å². The van der Waals surface area contributed by atoms with Crippen molar-refractivity contribution in [1.82, 2.24) is 5.06 Å². The van der Waals surface area contributed by atoms with Crippen LogP contribution < -0.4 is 0 Å². The maximum atomic E-state index is 12.5. The largest absolute Gasteiger partial charge is 0.472 e. The molecule has 0 aromatic rings. The summed E-state index contributed by atoms with van der Waals surface area (Å²) in [7, 11) is 1.18. The summed E-state index contributed by atoms with van der Waals surface area (Å²) in [5.74, 6) is -3.35. The standard InChI is InChI=1S/C33H59N2O12P/c1-5-6-7-8-9-10-11-12-13-14-15-16-17-19-31(38)43-26-28(27-45-48(41,42)44-25-24-35(2,3)4)46-32(39)20-18-21-33(40)47-34-29(36)22-23-30(34)37/h28H,5-27H2,1-4H3/p+1/t28-/m1/s1. The number of hydroxylamine groups is 2. The highest BCUT2D eigenvalue weighted by atomic mass is 31.2. The fourth-order valence-corrected chi connectivity index (χ4v) is 5.47. The fraction of sp³-hybridized carbons (Fsp3) is 0.848. The molecule has 278 valence electrons. The van der Waals surface area contributed by atoms with E-state index in [0.717, 1.165) is 19.3 Å². The predicted octanol–water partition coefficient (Wildman–Crippen LogP) is 5.54. The molecule has 1 aliphatic rings. The number of rotatable bonds is 29. The highest BCUT2D eigenvalue weighted by Crippen LogP contribution is 2.43. The summed E-state index contributed by atoms with van der Waals surface area (Å²) >= 11 is 0. The van der Waals surface area contributed by atoms with Gasteiger partial charge in [-0.05, 0) is 12.8 Å². The average Bonchev–Trinajstić information content (AvgIpc) is 3.32. The molecule has 0 spiro atoms. The van der Waals surface area contributed by atoms with Gasteiger partial charge in [0.05, 0.1) is 27.7 Å². The van der Waals surface area contributed by atoms with E-state index in [0.29, 0.717) is 22.5 Å². The van der Waals surface area contributed by atoms with Crippen LogP contribution in [0, 0.1) is 0 Å². The summed E-state index contributed by atoms with van der Waals surface area (Å²) in [5.41, 5.74) is 0. The zero-order chi connectivity index (χ0) is 35.8. The van der Waals surface area contributed by atoms with E-state index in [1.165, 1.54) is 57.8 Å². The molecule has 1 saturated heterocycles. The molecule has 0 bridgehead atoms. The Morgan fingerprint density at radius 1 is 0.729 bits per heavy atom. The smallest absolute Gasteiger partial charge is 0.462 e. The number of esters is 2. The van der Waals surface area contributed by atoms with Gasteiger partial charge in [0.25, 0.3) is 11.8 Å². The minimum absolute atomic E-state index is 0.0209. The highest BCUT2D eigenvalue weighted by molar-refractivity contribution is 7.47. The molecule has 1 heterocycles. The molecule has 1 aliphatic heterocycles. The monoisotopic (exact) mass is 707 g/mol. The van der Waals surface area contributed by atoms with Gasteiger partial charge in [-0.25, -0.2) is 9.36 Å². The number of hydrogen-bond donors (Lipinski definition) is 1. The first-order valence-electron chi connectivity index (χ1n) is 17.6. The maximum absolute atomic E-state index is 12.5. The Hall–Kier alpha value is -2.38. The van der Waals surface area contributed by atoms with Crippen molar-refractivity contribution < 1.29 is 61.3 Å². The number of amides is 2. The molecule has 1 N–H and O–H groups in total. The van der Waals surface area contributed by atoms with Gasteiger partial charge in [-0.1, -0.05) is 84.0 Å². The third kappa shape index (κ3) is 23.1. The number of nitrogens with zero attached hydrogens (tertiary/aromatic N) is 2. The average molecular weight is 708 g/mol. The minimum atomic E-state index is -4.49. The molecule has 1 rings (SSSR count). The Morgan fingerprint density at radius 3 is 1.77 bits per heavy atom. The molecule has 0 radical (unpaired) electrons. The predicted molar refractivity (Wildman–Crippen MR) is 177 cm³/mol. The summed E-state index contributed by atoms with van der Waals surface area (Å²) in [6, 6.07) is 0. The van der Waals surface area contributed by atoms with E-state index >= 15 is 0 Å². The quantitative estimate of drug-likeness (QED) is 0.0339. The maximum Gasteiger partial charge on any atom is 0.472 e. The van der Waals surface area contributed by atoms with Crippen molar-refractivity contribution in [1.29, 1.82) is 0 Å². The Balaban J connectivity index is 2.42. The van der Waals surface area contributed by atoms with Crippen LogP contribution in [0.5, 0.6) is 0 Å². The zero-order valence-corrected chi connectivity index (χ0v) is 30.5. The van der Waals surface area contributed by atoms with Gasteiger partial charge in [-0.2, -0.15) is 0 Å². The molecule has 1 fully saturated rings. The lowest BCUT2D eigenvalue weighted by Crippen LogP contribution is -2.37. The first kappa shape index (κ1) is 43.6. The zero-order valence-electron chi connectivity index (χ0n) is 29.6. The first-order valence-corrected chi connectivity index (χ1v) is 19.1. The Kier molecular flexibility index (Phi) is 22.5. The molecule has 2 amide bonds. The number of carbonyl (C=O) groups is 5. The summed E-state index contributed by atoms with van der Waals surface area (Å²) in [6.07, 6.45) is 13.7. The molecular formula is C33H60N2O12P+. The van der Waals surface area contributed by atoms with E-state index in [-0.39, 0.29) is 45.1 Å². The molecule has 0 aromatic heterocycles. The van der Waals surface area contributed by atoms with Crippen LogP contribution in [0.15, 0.2) is 0 Å². The number of phosphoric ester groups is 1. The lowest BCUT2D eigenvalue weighted by molar-refractivity contribution is -0.870. The van der Waals surface area contributed by atoms with Crippen LogP contribution >= 0.6 is 7.82 Å². The second-order valence-electron chi connectivity index (χ2n) is 13.3. The van der Waals surface area contributed by atoms with Crippen molar-refractivity contribution in [2.45, 2.75) is 135 Å². The molecule has 1 unspecified atom stereocenters. The van der Waals surface area contributed by atoms with Gasteiger partial charge in [0.2, 0.25) is 0 Å². The molecule has 14 nitrogen and oxygen atoms in total. The number of carbonyl (C=O) groups excluding carboxylic acids is 5. The summed E-state index contributed by atoms with van der Waals surface area (Å²) < 4.78 is 33.5. The van der Waals surface area contributed by atoms with Crippen molar-refractivity contribution in [2.75, 3.05) is 47.5 Å². The number of likely N-dealkylation sites (N-methyl/N-ethyl adjacent to an activating group) is 1. The molecule has 0 aliphatic carbocycles. The fourth-order valence-electron chi connectivity index (χ4n) is 4.73. The number of phosphoric acid groups is 1. The van der Waals surface area contributed by atoms with Crippen LogP contribution in [-0.4, -0.2) is 97.8 Å². The van der Waals surface area contributed by atoms with Crippen LogP contribution in [0.25, 0.3) is 0 Å². The van der Waals surface area contributed by atoms with Crippen molar-refractivity contribution in [3.63, 3.8) is 0 Å². The van der Waals surface area contributed by atoms with Gasteiger partial charge in [0, 0.05) is 32.1 Å². The SMILES string of the molecule is CCCCCCCCCCCCCCCC(=O)OC[C@H](COP(=O)(O)OCC[N+](C)(C)C)OC(=O)CCCC(=O)ON1C(=O)CCC1=O. The van der Waals surface area contributed by atoms with E-state index in [1.54, 1.807) is 0 Å². The molecule has 0 aromatic carbocycles. The second-order valence-corrected chi connectivity index (χ2v) is 14.8. The van der Waals surface area contributed by atoms with E-state index in [1.807, 2.05) is 21.1 Å². The molecule has 15 heteroatoms. The van der Waals surface area contributed by atoms with Gasteiger partial charge in [0.1, 0.15) is 19.8 Å². The third-order valence-corrected chi connectivity index (χ3v) is 8.60.